The molecule has 0 aliphatic heterocycles. The Morgan fingerprint density at radius 1 is 1.08 bits per heavy atom. The molecular weight excluding hydrogens is 314 g/mol. The Morgan fingerprint density at radius 2 is 1.75 bits per heavy atom. The molecule has 0 saturated carbocycles. The molecule has 2 aromatic carbocycles. The SMILES string of the molecule is CCNC(=O)c1nc(-c2cc(F)cc(F)c2)oc1-c1ccccc1. The minimum atomic E-state index is -0.746. The van der Waals surface area contributed by atoms with Crippen molar-refractivity contribution >= 4 is 5.91 Å². The summed E-state index contributed by atoms with van der Waals surface area (Å²) in [7, 11) is 0. The molecule has 3 rings (SSSR count). The molecule has 0 saturated heterocycles. The Bertz CT molecular complexity index is 856. The number of oxazole rings is 1. The van der Waals surface area contributed by atoms with Gasteiger partial charge in [-0.1, -0.05) is 30.3 Å². The third kappa shape index (κ3) is 3.17. The van der Waals surface area contributed by atoms with Crippen LogP contribution in [0.4, 0.5) is 8.78 Å². The summed E-state index contributed by atoms with van der Waals surface area (Å²) in [5.41, 5.74) is 0.845. The number of carbonyl (C=O) groups excluding carboxylic acids is 1. The van der Waals surface area contributed by atoms with E-state index in [-0.39, 0.29) is 22.9 Å². The van der Waals surface area contributed by atoms with Gasteiger partial charge in [-0.3, -0.25) is 4.79 Å². The summed E-state index contributed by atoms with van der Waals surface area (Å²) < 4.78 is 32.5. The van der Waals surface area contributed by atoms with Crippen molar-refractivity contribution in [2.24, 2.45) is 0 Å². The van der Waals surface area contributed by atoms with Crippen LogP contribution in [0.3, 0.4) is 0 Å². The zero-order valence-corrected chi connectivity index (χ0v) is 12.8. The van der Waals surface area contributed by atoms with Crippen molar-refractivity contribution in [2.75, 3.05) is 6.54 Å². The lowest BCUT2D eigenvalue weighted by atomic mass is 10.1. The summed E-state index contributed by atoms with van der Waals surface area (Å²) in [6, 6.07) is 11.9. The van der Waals surface area contributed by atoms with Crippen LogP contribution in [-0.2, 0) is 0 Å². The van der Waals surface area contributed by atoms with Crippen LogP contribution >= 0.6 is 0 Å². The molecule has 0 radical (unpaired) electrons. The number of carbonyl (C=O) groups is 1. The van der Waals surface area contributed by atoms with Gasteiger partial charge < -0.3 is 9.73 Å². The number of hydrogen-bond donors (Lipinski definition) is 1. The van der Waals surface area contributed by atoms with E-state index in [1.807, 2.05) is 6.07 Å². The molecule has 0 unspecified atom stereocenters. The monoisotopic (exact) mass is 328 g/mol. The first-order valence-corrected chi connectivity index (χ1v) is 7.39. The van der Waals surface area contributed by atoms with E-state index in [9.17, 15) is 13.6 Å². The van der Waals surface area contributed by atoms with E-state index >= 15 is 0 Å². The normalized spacial score (nSPS) is 10.6. The highest BCUT2D eigenvalue weighted by atomic mass is 19.1. The fourth-order valence-electron chi connectivity index (χ4n) is 2.30. The van der Waals surface area contributed by atoms with Crippen LogP contribution in [0, 0.1) is 11.6 Å². The second-order valence-corrected chi connectivity index (χ2v) is 5.08. The van der Waals surface area contributed by atoms with E-state index in [0.29, 0.717) is 12.1 Å². The van der Waals surface area contributed by atoms with Crippen LogP contribution in [0.25, 0.3) is 22.8 Å². The van der Waals surface area contributed by atoms with Gasteiger partial charge in [0.25, 0.3) is 5.91 Å². The fourth-order valence-corrected chi connectivity index (χ4v) is 2.30. The van der Waals surface area contributed by atoms with Gasteiger partial charge >= 0.3 is 0 Å². The Hall–Kier alpha value is -3.02. The van der Waals surface area contributed by atoms with E-state index in [2.05, 4.69) is 10.3 Å². The van der Waals surface area contributed by atoms with Crippen LogP contribution in [0.15, 0.2) is 52.9 Å². The van der Waals surface area contributed by atoms with Crippen molar-refractivity contribution < 1.29 is 18.0 Å². The maximum atomic E-state index is 13.4. The van der Waals surface area contributed by atoms with Crippen LogP contribution in [0.5, 0.6) is 0 Å². The minimum absolute atomic E-state index is 0.0199. The van der Waals surface area contributed by atoms with Gasteiger partial charge in [0, 0.05) is 23.7 Å². The third-order valence-corrected chi connectivity index (χ3v) is 3.33. The quantitative estimate of drug-likeness (QED) is 0.786. The predicted molar refractivity (Wildman–Crippen MR) is 85.3 cm³/mol. The van der Waals surface area contributed by atoms with Crippen LogP contribution in [-0.4, -0.2) is 17.4 Å². The van der Waals surface area contributed by atoms with Gasteiger partial charge in [0.15, 0.2) is 11.5 Å². The molecule has 0 spiro atoms. The first-order valence-electron chi connectivity index (χ1n) is 7.39. The first-order chi connectivity index (χ1) is 11.6. The highest BCUT2D eigenvalue weighted by molar-refractivity contribution is 5.98. The van der Waals surface area contributed by atoms with E-state index in [0.717, 1.165) is 18.2 Å². The Balaban J connectivity index is 2.14. The molecule has 6 heteroatoms. The minimum Gasteiger partial charge on any atom is -0.435 e. The largest absolute Gasteiger partial charge is 0.435 e. The number of aromatic nitrogens is 1. The lowest BCUT2D eigenvalue weighted by molar-refractivity contribution is 0.0951. The van der Waals surface area contributed by atoms with Crippen molar-refractivity contribution in [1.29, 1.82) is 0 Å². The molecule has 0 fully saturated rings. The molecule has 1 aromatic heterocycles. The maximum absolute atomic E-state index is 13.4. The second-order valence-electron chi connectivity index (χ2n) is 5.08. The molecule has 0 aliphatic carbocycles. The smallest absolute Gasteiger partial charge is 0.273 e. The molecule has 1 N–H and O–H groups in total. The highest BCUT2D eigenvalue weighted by Crippen LogP contribution is 2.30. The zero-order chi connectivity index (χ0) is 17.1. The lowest BCUT2D eigenvalue weighted by Crippen LogP contribution is -2.23. The third-order valence-electron chi connectivity index (χ3n) is 3.33. The number of halogens is 2. The van der Waals surface area contributed by atoms with Gasteiger partial charge in [0.05, 0.1) is 0 Å². The van der Waals surface area contributed by atoms with Crippen molar-refractivity contribution in [3.05, 3.63) is 65.9 Å². The fraction of sp³-hybridized carbons (Fsp3) is 0.111. The maximum Gasteiger partial charge on any atom is 0.273 e. The van der Waals surface area contributed by atoms with Crippen molar-refractivity contribution in [1.82, 2.24) is 10.3 Å². The molecule has 0 atom stereocenters. The molecule has 1 heterocycles. The topological polar surface area (TPSA) is 55.1 Å². The van der Waals surface area contributed by atoms with Gasteiger partial charge in [-0.2, -0.15) is 0 Å². The Morgan fingerprint density at radius 3 is 2.38 bits per heavy atom. The van der Waals surface area contributed by atoms with E-state index in [1.165, 1.54) is 0 Å². The Kier molecular flexibility index (Phi) is 4.37. The molecule has 3 aromatic rings. The first kappa shape index (κ1) is 15.9. The van der Waals surface area contributed by atoms with E-state index in [4.69, 9.17) is 4.42 Å². The van der Waals surface area contributed by atoms with Crippen molar-refractivity contribution in [3.63, 3.8) is 0 Å². The average molecular weight is 328 g/mol. The molecule has 0 aliphatic rings. The van der Waals surface area contributed by atoms with Crippen LogP contribution in [0.1, 0.15) is 17.4 Å². The number of nitrogens with one attached hydrogen (secondary N) is 1. The van der Waals surface area contributed by atoms with Gasteiger partial charge in [0.1, 0.15) is 11.6 Å². The number of rotatable bonds is 4. The molecule has 1 amide bonds. The number of amides is 1. The zero-order valence-electron chi connectivity index (χ0n) is 12.8. The van der Waals surface area contributed by atoms with E-state index < -0.39 is 17.5 Å². The summed E-state index contributed by atoms with van der Waals surface area (Å²) in [6.07, 6.45) is 0. The van der Waals surface area contributed by atoms with Crippen molar-refractivity contribution in [2.45, 2.75) is 6.92 Å². The second kappa shape index (κ2) is 6.62. The molecular formula is C18H14F2N2O2. The highest BCUT2D eigenvalue weighted by Gasteiger charge is 2.22. The van der Waals surface area contributed by atoms with Gasteiger partial charge in [-0.25, -0.2) is 13.8 Å². The summed E-state index contributed by atoms with van der Waals surface area (Å²) in [5.74, 6) is -1.68. The van der Waals surface area contributed by atoms with Crippen LogP contribution in [0.2, 0.25) is 0 Å². The summed E-state index contributed by atoms with van der Waals surface area (Å²) in [5, 5.41) is 2.65. The summed E-state index contributed by atoms with van der Waals surface area (Å²) >= 11 is 0. The van der Waals surface area contributed by atoms with Gasteiger partial charge in [0.2, 0.25) is 5.89 Å². The van der Waals surface area contributed by atoms with Gasteiger partial charge in [-0.05, 0) is 19.1 Å². The number of benzene rings is 2. The molecule has 122 valence electrons. The predicted octanol–water partition coefficient (Wildman–Crippen LogP) is 4.04. The van der Waals surface area contributed by atoms with Crippen molar-refractivity contribution in [3.8, 4) is 22.8 Å². The molecule has 0 bridgehead atoms. The lowest BCUT2D eigenvalue weighted by Gasteiger charge is -2.01. The van der Waals surface area contributed by atoms with E-state index in [1.54, 1.807) is 31.2 Å². The van der Waals surface area contributed by atoms with Crippen LogP contribution < -0.4 is 5.32 Å². The number of hydrogen-bond acceptors (Lipinski definition) is 3. The van der Waals surface area contributed by atoms with Gasteiger partial charge in [-0.15, -0.1) is 0 Å². The number of nitrogens with zero attached hydrogens (tertiary/aromatic N) is 1. The molecule has 4 nitrogen and oxygen atoms in total. The summed E-state index contributed by atoms with van der Waals surface area (Å²) in [4.78, 5) is 16.4. The average Bonchev–Trinajstić information content (AvgIpc) is 3.00. The Labute approximate surface area is 137 Å². The molecule has 24 heavy (non-hydrogen) atoms. The summed E-state index contributed by atoms with van der Waals surface area (Å²) in [6.45, 7) is 2.20. The standard InChI is InChI=1S/C18H14F2N2O2/c1-2-21-17(23)15-16(11-6-4-3-5-7-11)24-18(22-15)12-8-13(19)10-14(20)9-12/h3-10H,2H2,1H3,(H,21,23).